The van der Waals surface area contributed by atoms with Crippen LogP contribution in [0.25, 0.3) is 0 Å². The topological polar surface area (TPSA) is 61.4 Å². The summed E-state index contributed by atoms with van der Waals surface area (Å²) in [6.07, 6.45) is 4.05. The molecule has 1 heterocycles. The Morgan fingerprint density at radius 3 is 2.44 bits per heavy atom. The van der Waals surface area contributed by atoms with E-state index < -0.39 is 0 Å². The van der Waals surface area contributed by atoms with Gasteiger partial charge in [0.2, 0.25) is 11.8 Å². The molecule has 1 aromatic rings. The lowest BCUT2D eigenvalue weighted by Crippen LogP contribution is -2.60. The first-order chi connectivity index (χ1) is 12.6. The standard InChI is InChI=1S/C22H33N3O2/c1-16-6-5-7-18(12-16)23-20(27)17-8-10-22(11-9-17)14-25(15-22)13-19(26)24-21(2,3)4/h5-7,12,17H,8-11,13-15H2,1-4H3,(H,23,27)(H,24,26). The lowest BCUT2D eigenvalue weighted by Gasteiger charge is -2.53. The second-order valence-corrected chi connectivity index (χ2v) is 9.58. The van der Waals surface area contributed by atoms with Crippen molar-refractivity contribution in [1.82, 2.24) is 10.2 Å². The summed E-state index contributed by atoms with van der Waals surface area (Å²) in [5, 5.41) is 6.10. The quantitative estimate of drug-likeness (QED) is 0.853. The van der Waals surface area contributed by atoms with Crippen molar-refractivity contribution in [3.63, 3.8) is 0 Å². The Balaban J connectivity index is 1.42. The van der Waals surface area contributed by atoms with Crippen molar-refractivity contribution in [3.05, 3.63) is 29.8 Å². The minimum Gasteiger partial charge on any atom is -0.350 e. The number of nitrogens with one attached hydrogen (secondary N) is 2. The number of carbonyl (C=O) groups is 2. The van der Waals surface area contributed by atoms with Crippen LogP contribution < -0.4 is 10.6 Å². The van der Waals surface area contributed by atoms with Crippen LogP contribution in [0, 0.1) is 18.3 Å². The Labute approximate surface area is 162 Å². The molecular formula is C22H33N3O2. The maximum absolute atomic E-state index is 12.6. The number of amides is 2. The second kappa shape index (κ2) is 7.63. The van der Waals surface area contributed by atoms with Crippen molar-refractivity contribution < 1.29 is 9.59 Å². The Morgan fingerprint density at radius 1 is 1.19 bits per heavy atom. The van der Waals surface area contributed by atoms with Crippen LogP contribution >= 0.6 is 0 Å². The molecule has 0 unspecified atom stereocenters. The van der Waals surface area contributed by atoms with Crippen LogP contribution in [0.3, 0.4) is 0 Å². The zero-order chi connectivity index (χ0) is 19.7. The number of rotatable bonds is 4. The molecule has 5 heteroatoms. The molecule has 0 atom stereocenters. The van der Waals surface area contributed by atoms with Gasteiger partial charge in [0.15, 0.2) is 0 Å². The largest absolute Gasteiger partial charge is 0.350 e. The fraction of sp³-hybridized carbons (Fsp3) is 0.636. The Bertz CT molecular complexity index is 692. The van der Waals surface area contributed by atoms with E-state index in [-0.39, 0.29) is 23.3 Å². The van der Waals surface area contributed by atoms with E-state index in [2.05, 4.69) is 15.5 Å². The predicted molar refractivity (Wildman–Crippen MR) is 109 cm³/mol. The number of hydrogen-bond donors (Lipinski definition) is 2. The van der Waals surface area contributed by atoms with Gasteiger partial charge in [0.1, 0.15) is 0 Å². The monoisotopic (exact) mass is 371 g/mol. The van der Waals surface area contributed by atoms with Crippen molar-refractivity contribution in [2.75, 3.05) is 25.0 Å². The molecule has 1 aliphatic carbocycles. The number of anilines is 1. The molecule has 148 valence electrons. The highest BCUT2D eigenvalue weighted by Crippen LogP contribution is 2.45. The molecule has 2 N–H and O–H groups in total. The maximum atomic E-state index is 12.6. The summed E-state index contributed by atoms with van der Waals surface area (Å²) in [6.45, 7) is 10.5. The molecule has 1 saturated carbocycles. The molecule has 2 amide bonds. The molecule has 2 aliphatic rings. The number of nitrogens with zero attached hydrogens (tertiary/aromatic N) is 1. The third-order valence-electron chi connectivity index (χ3n) is 5.70. The number of hydrogen-bond acceptors (Lipinski definition) is 3. The molecule has 1 spiro atoms. The SMILES string of the molecule is Cc1cccc(NC(=O)C2CCC3(CC2)CN(CC(=O)NC(C)(C)C)C3)c1. The van der Waals surface area contributed by atoms with Crippen LogP contribution in [0.1, 0.15) is 52.0 Å². The molecule has 27 heavy (non-hydrogen) atoms. The number of benzene rings is 1. The first kappa shape index (κ1) is 19.9. The van der Waals surface area contributed by atoms with Crippen molar-refractivity contribution in [1.29, 1.82) is 0 Å². The van der Waals surface area contributed by atoms with Crippen molar-refractivity contribution in [2.24, 2.45) is 11.3 Å². The highest BCUT2D eigenvalue weighted by atomic mass is 16.2. The fourth-order valence-corrected chi connectivity index (χ4v) is 4.45. The minimum absolute atomic E-state index is 0.101. The summed E-state index contributed by atoms with van der Waals surface area (Å²) < 4.78 is 0. The summed E-state index contributed by atoms with van der Waals surface area (Å²) in [4.78, 5) is 26.9. The Kier molecular flexibility index (Phi) is 5.61. The van der Waals surface area contributed by atoms with E-state index in [1.165, 1.54) is 0 Å². The van der Waals surface area contributed by atoms with Crippen LogP contribution in [0.5, 0.6) is 0 Å². The van der Waals surface area contributed by atoms with Gasteiger partial charge in [0.05, 0.1) is 6.54 Å². The van der Waals surface area contributed by atoms with E-state index in [4.69, 9.17) is 0 Å². The highest BCUT2D eigenvalue weighted by Gasteiger charge is 2.46. The summed E-state index contributed by atoms with van der Waals surface area (Å²) >= 11 is 0. The molecule has 3 rings (SSSR count). The molecule has 1 saturated heterocycles. The van der Waals surface area contributed by atoms with Crippen LogP contribution in [-0.4, -0.2) is 41.9 Å². The number of aryl methyl sites for hydroxylation is 1. The normalized spacial score (nSPS) is 20.1. The van der Waals surface area contributed by atoms with Gasteiger partial charge in [-0.15, -0.1) is 0 Å². The third kappa shape index (κ3) is 5.32. The predicted octanol–water partition coefficient (Wildman–Crippen LogP) is 3.34. The lowest BCUT2D eigenvalue weighted by atomic mass is 9.65. The van der Waals surface area contributed by atoms with E-state index in [0.717, 1.165) is 50.0 Å². The summed E-state index contributed by atoms with van der Waals surface area (Å²) in [6, 6.07) is 7.96. The van der Waals surface area contributed by atoms with Gasteiger partial charge >= 0.3 is 0 Å². The fourth-order valence-electron chi connectivity index (χ4n) is 4.45. The number of likely N-dealkylation sites (tertiary alicyclic amines) is 1. The molecule has 5 nitrogen and oxygen atoms in total. The van der Waals surface area contributed by atoms with Crippen LogP contribution in [0.15, 0.2) is 24.3 Å². The van der Waals surface area contributed by atoms with Gasteiger partial charge in [-0.1, -0.05) is 12.1 Å². The van der Waals surface area contributed by atoms with Gasteiger partial charge in [-0.05, 0) is 76.5 Å². The summed E-state index contributed by atoms with van der Waals surface area (Å²) in [5.41, 5.74) is 2.19. The van der Waals surface area contributed by atoms with Crippen molar-refractivity contribution >= 4 is 17.5 Å². The second-order valence-electron chi connectivity index (χ2n) is 9.58. The Hall–Kier alpha value is -1.88. The summed E-state index contributed by atoms with van der Waals surface area (Å²) in [5.74, 6) is 0.356. The zero-order valence-electron chi connectivity index (χ0n) is 17.1. The lowest BCUT2D eigenvalue weighted by molar-refractivity contribution is -0.129. The molecule has 1 aliphatic heterocycles. The van der Waals surface area contributed by atoms with Gasteiger partial charge in [0, 0.05) is 30.2 Å². The highest BCUT2D eigenvalue weighted by molar-refractivity contribution is 5.92. The van der Waals surface area contributed by atoms with Crippen molar-refractivity contribution in [2.45, 2.75) is 58.9 Å². The average Bonchev–Trinajstić information content (AvgIpc) is 2.52. The third-order valence-corrected chi connectivity index (χ3v) is 5.70. The molecule has 0 aromatic heterocycles. The molecule has 0 radical (unpaired) electrons. The van der Waals surface area contributed by atoms with E-state index in [9.17, 15) is 9.59 Å². The van der Waals surface area contributed by atoms with Crippen LogP contribution in [-0.2, 0) is 9.59 Å². The molecule has 2 fully saturated rings. The first-order valence-corrected chi connectivity index (χ1v) is 10.1. The molecule has 0 bridgehead atoms. The van der Waals surface area contributed by atoms with Gasteiger partial charge in [-0.2, -0.15) is 0 Å². The number of carbonyl (C=O) groups excluding carboxylic acids is 2. The molecular weight excluding hydrogens is 338 g/mol. The zero-order valence-corrected chi connectivity index (χ0v) is 17.1. The average molecular weight is 372 g/mol. The van der Waals surface area contributed by atoms with Crippen LogP contribution in [0.2, 0.25) is 0 Å². The van der Waals surface area contributed by atoms with Gasteiger partial charge in [-0.3, -0.25) is 14.5 Å². The van der Waals surface area contributed by atoms with Gasteiger partial charge in [0.25, 0.3) is 0 Å². The van der Waals surface area contributed by atoms with Gasteiger partial charge in [-0.25, -0.2) is 0 Å². The first-order valence-electron chi connectivity index (χ1n) is 10.1. The van der Waals surface area contributed by atoms with Crippen molar-refractivity contribution in [3.8, 4) is 0 Å². The van der Waals surface area contributed by atoms with Gasteiger partial charge < -0.3 is 10.6 Å². The van der Waals surface area contributed by atoms with E-state index >= 15 is 0 Å². The van der Waals surface area contributed by atoms with E-state index in [1.54, 1.807) is 0 Å². The Morgan fingerprint density at radius 2 is 1.85 bits per heavy atom. The minimum atomic E-state index is -0.178. The molecule has 1 aromatic carbocycles. The maximum Gasteiger partial charge on any atom is 0.234 e. The summed E-state index contributed by atoms with van der Waals surface area (Å²) in [7, 11) is 0. The van der Waals surface area contributed by atoms with Crippen LogP contribution in [0.4, 0.5) is 5.69 Å². The van der Waals surface area contributed by atoms with E-state index in [0.29, 0.717) is 12.0 Å². The van der Waals surface area contributed by atoms with E-state index in [1.807, 2.05) is 52.0 Å². The smallest absolute Gasteiger partial charge is 0.234 e.